The Morgan fingerprint density at radius 2 is 0.416 bits per heavy atom. The van der Waals surface area contributed by atoms with E-state index in [0.29, 0.717) is 0 Å². The minimum atomic E-state index is -1.55. The maximum atomic E-state index is 4.01. The van der Waals surface area contributed by atoms with Crippen LogP contribution in [0.15, 0.2) is 73.7 Å². The van der Waals surface area contributed by atoms with Crippen molar-refractivity contribution in [3.05, 3.63) is 148 Å². The second-order valence-corrected chi connectivity index (χ2v) is 64.4. The fourth-order valence-electron chi connectivity index (χ4n) is 18.9. The first-order valence-electron chi connectivity index (χ1n) is 38.5. The summed E-state index contributed by atoms with van der Waals surface area (Å²) in [6.45, 7) is 49.7. The van der Waals surface area contributed by atoms with Crippen LogP contribution in [0.2, 0.25) is 123 Å². The van der Waals surface area contributed by atoms with Crippen molar-refractivity contribution < 1.29 is 85.3 Å². The molecular weight excluding hydrogens is 1540 g/mol. The van der Waals surface area contributed by atoms with Crippen molar-refractivity contribution in [2.45, 2.75) is 400 Å². The fraction of sp³-hybridized carbons (Fsp3) is 0.753. The Bertz CT molecular complexity index is 1600. The Morgan fingerprint density at radius 1 is 0.257 bits per heavy atom. The third-order valence-corrected chi connectivity index (χ3v) is 53.3. The zero-order valence-corrected chi connectivity index (χ0v) is 84.3. The second kappa shape index (κ2) is 72.8. The molecule has 10 aliphatic carbocycles. The molecule has 0 aromatic carbocycles. The summed E-state index contributed by atoms with van der Waals surface area (Å²) < 4.78 is 0. The Labute approximate surface area is 708 Å². The molecule has 10 fully saturated rings. The summed E-state index contributed by atoms with van der Waals surface area (Å²) in [7, 11) is -6.46. The summed E-state index contributed by atoms with van der Waals surface area (Å²) in [6.07, 6.45) is 64.4. The fourth-order valence-corrected chi connectivity index (χ4v) is 42.5. The van der Waals surface area contributed by atoms with Gasteiger partial charge in [0.1, 0.15) is 16.1 Å². The smallest absolute Gasteiger partial charge is 0.358 e. The third kappa shape index (κ3) is 49.6. The van der Waals surface area contributed by atoms with Crippen molar-refractivity contribution >= 4 is 58.0 Å². The van der Waals surface area contributed by atoms with E-state index in [1.54, 1.807) is 116 Å². The Kier molecular flexibility index (Phi) is 95.7. The van der Waals surface area contributed by atoms with E-state index in [0.717, 1.165) is 34.8 Å². The van der Waals surface area contributed by atoms with Gasteiger partial charge in [0.15, 0.2) is 0 Å². The zero-order chi connectivity index (χ0) is 62.2. The van der Waals surface area contributed by atoms with Gasteiger partial charge in [-0.1, -0.05) is 376 Å². The van der Waals surface area contributed by atoms with E-state index in [1.807, 2.05) is 0 Å². The van der Waals surface area contributed by atoms with E-state index in [1.165, 1.54) is 200 Å². The van der Waals surface area contributed by atoms with Crippen LogP contribution in [0.3, 0.4) is 0 Å². The quantitative estimate of drug-likeness (QED) is 0.0749. The van der Waals surface area contributed by atoms with E-state index >= 15 is 0 Å². The first-order chi connectivity index (χ1) is 40.7. The topological polar surface area (TPSA) is 0 Å². The van der Waals surface area contributed by atoms with Crippen LogP contribution in [0.1, 0.15) is 277 Å². The molecule has 610 valence electrons. The molecular formula is C89H186Fe5Si7. The molecule has 0 radical (unpaired) electrons. The molecule has 0 unspecified atom stereocenters. The molecule has 0 N–H and O–H groups in total. The van der Waals surface area contributed by atoms with Gasteiger partial charge in [-0.05, 0) is 81.8 Å². The number of hydrogen-bond acceptors (Lipinski definition) is 0. The number of rotatable bonds is 22. The van der Waals surface area contributed by atoms with E-state index in [9.17, 15) is 0 Å². The minimum Gasteiger partial charge on any atom is -0.358 e. The average molecular weight is 1730 g/mol. The van der Waals surface area contributed by atoms with Crippen LogP contribution >= 0.6 is 0 Å². The van der Waals surface area contributed by atoms with Gasteiger partial charge < -0.3 is 74.3 Å². The summed E-state index contributed by atoms with van der Waals surface area (Å²) >= 11 is 0. The molecule has 0 aliphatic heterocycles. The molecule has 0 atom stereocenters. The van der Waals surface area contributed by atoms with Crippen LogP contribution in [0.4, 0.5) is 0 Å². The van der Waals surface area contributed by atoms with Gasteiger partial charge in [0.25, 0.3) is 0 Å². The van der Waals surface area contributed by atoms with Crippen molar-refractivity contribution in [1.82, 2.24) is 0 Å². The van der Waals surface area contributed by atoms with Gasteiger partial charge in [0.05, 0.1) is 24.2 Å². The number of hydrogen-bond donors (Lipinski definition) is 0. The monoisotopic (exact) mass is 1730 g/mol. The molecule has 10 aliphatic rings. The summed E-state index contributed by atoms with van der Waals surface area (Å²) in [5, 5.41) is 0. The molecule has 12 heteroatoms. The first-order valence-corrected chi connectivity index (χ1v) is 59.1. The molecule has 0 amide bonds. The summed E-state index contributed by atoms with van der Waals surface area (Å²) in [6, 6.07) is 5.43. The van der Waals surface area contributed by atoms with Crippen LogP contribution in [0.5, 0.6) is 0 Å². The normalized spacial score (nSPS) is 19.4. The Hall–Kier alpha value is 2.56. The van der Waals surface area contributed by atoms with Crippen molar-refractivity contribution in [1.29, 1.82) is 0 Å². The molecule has 0 aromatic rings. The Balaban J connectivity index is -0.0000000802. The predicted octanol–water partition coefficient (Wildman–Crippen LogP) is 32.6. The van der Waals surface area contributed by atoms with E-state index in [-0.39, 0.29) is 185 Å². The summed E-state index contributed by atoms with van der Waals surface area (Å²) in [5.74, 6) is 4.55. The molecule has 0 heterocycles. The summed E-state index contributed by atoms with van der Waals surface area (Å²) in [4.78, 5) is 0. The van der Waals surface area contributed by atoms with Crippen LogP contribution in [-0.4, -0.2) is 58.0 Å². The molecule has 10 rings (SSSR count). The van der Waals surface area contributed by atoms with Crippen LogP contribution < -0.4 is 0 Å². The van der Waals surface area contributed by atoms with Crippen molar-refractivity contribution in [2.24, 2.45) is 23.7 Å². The van der Waals surface area contributed by atoms with Gasteiger partial charge in [0, 0.05) is 17.6 Å². The van der Waals surface area contributed by atoms with Gasteiger partial charge in [-0.2, -0.15) is 0 Å². The maximum Gasteiger partial charge on any atom is 2.00 e. The van der Waals surface area contributed by atoms with E-state index in [4.69, 9.17) is 0 Å². The Morgan fingerprint density at radius 3 is 0.574 bits per heavy atom. The van der Waals surface area contributed by atoms with Crippen LogP contribution in [0, 0.1) is 97.9 Å². The first kappa shape index (κ1) is 133. The second-order valence-electron chi connectivity index (χ2n) is 33.8. The largest absolute Gasteiger partial charge is 2.00 e. The van der Waals surface area contributed by atoms with Crippen LogP contribution in [0.25, 0.3) is 0 Å². The minimum absolute atomic E-state index is 0. The molecule has 101 heavy (non-hydrogen) atoms. The SMILES string of the molecule is C.C1CCC(CC2CCCC2)C1.C1CCC(CC2CCCC2)C1.C=C[Si](C=C)(C=C)CC[Si](C)(C)C1CCCC1.C=C[Si](C=C)(C=C)CC[Si](C)(C)C1CCCC1.C[SiH](C)C1CCCC1.C[SiH](C)C1CCCC1.C[Si](C)(C1CCCC1)C1CCCC1.[CH3-].[CH3-].[CH3-].[CH3-].[CH3-].[CH3-].[CH3-].[CH3-].[CH3-].[CH3-].[Fe+2].[Fe+2].[Fe+2].[Fe+2].[Fe+2]. The van der Waals surface area contributed by atoms with E-state index < -0.39 is 40.4 Å². The van der Waals surface area contributed by atoms with Gasteiger partial charge in [0.2, 0.25) is 0 Å². The maximum absolute atomic E-state index is 4.01. The molecule has 0 bridgehead atoms. The van der Waals surface area contributed by atoms with Crippen molar-refractivity contribution in [2.75, 3.05) is 0 Å². The molecule has 0 saturated heterocycles. The van der Waals surface area contributed by atoms with Crippen LogP contribution in [-0.2, 0) is 85.3 Å². The van der Waals surface area contributed by atoms with Crippen molar-refractivity contribution in [3.63, 3.8) is 0 Å². The molecule has 0 aromatic heterocycles. The third-order valence-electron chi connectivity index (χ3n) is 26.3. The van der Waals surface area contributed by atoms with Gasteiger partial charge >= 0.3 is 85.3 Å². The average Bonchev–Trinajstić information content (AvgIpc) is 1.62. The predicted molar refractivity (Wildman–Crippen MR) is 483 cm³/mol. The molecule has 0 spiro atoms. The van der Waals surface area contributed by atoms with Crippen molar-refractivity contribution in [3.8, 4) is 0 Å². The van der Waals surface area contributed by atoms with E-state index in [2.05, 4.69) is 139 Å². The zero-order valence-electron chi connectivity index (χ0n) is 71.4. The standard InChI is InChI=1S/2C15H28Si2.C12H24Si.2C11H20.2C7H16Si.CH4.10CH3.5Fe/c2*1-6-17(7-2,8-3)14-13-16(4,5)15-11-9-10-12-15;1-13(2,11-7-3-4-8-11)12-9-5-6-10-12;2*1-2-6-10(5-1)9-11-7-3-4-8-11;2*1-8(2)7-5-3-4-6-7;;;;;;;;;;;;;;;;/h2*6-8,15H,1-3,9-14H2,4-5H3;11-12H,3-10H2,1-2H3;2*10-11H,1-9H2;2*7-8H,3-6H2,1-2H3;1H4;10*1H3;;;;;/q;;;;;;;;10*-1;5*+2. The van der Waals surface area contributed by atoms with Gasteiger partial charge in [-0.25, -0.2) is 0 Å². The molecule has 0 nitrogen and oxygen atoms in total. The van der Waals surface area contributed by atoms with Gasteiger partial charge in [-0.3, -0.25) is 0 Å². The summed E-state index contributed by atoms with van der Waals surface area (Å²) in [5.41, 5.74) is 19.8. The van der Waals surface area contributed by atoms with Gasteiger partial charge in [-0.15, -0.1) is 39.5 Å². The molecule has 10 saturated carbocycles.